The number of amides is 2. The van der Waals surface area contributed by atoms with Crippen molar-refractivity contribution >= 4 is 28.6 Å². The number of H-pyrrole nitrogens is 1. The van der Waals surface area contributed by atoms with Crippen LogP contribution in [0.4, 0.5) is 0 Å². The van der Waals surface area contributed by atoms with Crippen LogP contribution >= 0.6 is 0 Å². The summed E-state index contributed by atoms with van der Waals surface area (Å²) in [5.74, 6) is 1.85. The molecule has 2 amide bonds. The summed E-state index contributed by atoms with van der Waals surface area (Å²) in [6.45, 7) is 6.50. The molecule has 6 heteroatoms. The van der Waals surface area contributed by atoms with E-state index in [-0.39, 0.29) is 11.8 Å². The first-order valence-corrected chi connectivity index (χ1v) is 13.3. The number of rotatable bonds is 5. The van der Waals surface area contributed by atoms with Gasteiger partial charge in [-0.2, -0.15) is 0 Å². The van der Waals surface area contributed by atoms with Gasteiger partial charge in [-0.05, 0) is 80.7 Å². The van der Waals surface area contributed by atoms with E-state index in [0.717, 1.165) is 62.2 Å². The highest BCUT2D eigenvalue weighted by atomic mass is 16.2. The van der Waals surface area contributed by atoms with Gasteiger partial charge in [0.25, 0.3) is 5.91 Å². The third-order valence-electron chi connectivity index (χ3n) is 8.69. The van der Waals surface area contributed by atoms with Crippen LogP contribution in [0.25, 0.3) is 22.0 Å². The van der Waals surface area contributed by atoms with Crippen molar-refractivity contribution in [3.63, 3.8) is 0 Å². The second-order valence-corrected chi connectivity index (χ2v) is 11.3. The van der Waals surface area contributed by atoms with Crippen molar-refractivity contribution in [3.8, 4) is 11.1 Å². The molecule has 0 radical (unpaired) electrons. The summed E-state index contributed by atoms with van der Waals surface area (Å²) >= 11 is 0. The molecule has 36 heavy (non-hydrogen) atoms. The Kier molecular flexibility index (Phi) is 4.73. The van der Waals surface area contributed by atoms with Crippen LogP contribution in [0.1, 0.15) is 48.9 Å². The summed E-state index contributed by atoms with van der Waals surface area (Å²) in [6.07, 6.45) is 4.73. The van der Waals surface area contributed by atoms with Crippen LogP contribution in [-0.4, -0.2) is 57.6 Å². The predicted octanol–water partition coefficient (Wildman–Crippen LogP) is 4.83. The normalized spacial score (nSPS) is 22.7. The molecule has 1 aromatic heterocycles. The minimum atomic E-state index is -0.523. The zero-order chi connectivity index (χ0) is 24.6. The second kappa shape index (κ2) is 7.79. The van der Waals surface area contributed by atoms with Crippen LogP contribution < -0.4 is 0 Å². The highest BCUT2D eigenvalue weighted by Crippen LogP contribution is 2.46. The van der Waals surface area contributed by atoms with E-state index in [1.165, 1.54) is 27.7 Å². The fraction of sp³-hybridized carbons (Fsp3) is 0.433. The number of carbonyl (C=O) groups is 2. The first-order valence-electron chi connectivity index (χ1n) is 13.3. The summed E-state index contributed by atoms with van der Waals surface area (Å²) in [6, 6.07) is 15.0. The number of nitrogens with one attached hydrogen (secondary N) is 1. The van der Waals surface area contributed by atoms with Gasteiger partial charge >= 0.3 is 0 Å². The monoisotopic (exact) mass is 480 g/mol. The summed E-state index contributed by atoms with van der Waals surface area (Å²) in [5.41, 5.74) is 6.47. The van der Waals surface area contributed by atoms with Gasteiger partial charge in [-0.25, -0.2) is 0 Å². The lowest BCUT2D eigenvalue weighted by Gasteiger charge is -2.23. The minimum absolute atomic E-state index is 0.150. The number of hydrogen-bond acceptors (Lipinski definition) is 3. The van der Waals surface area contributed by atoms with E-state index in [1.54, 1.807) is 0 Å². The van der Waals surface area contributed by atoms with E-state index in [4.69, 9.17) is 4.99 Å². The van der Waals surface area contributed by atoms with E-state index in [0.29, 0.717) is 18.4 Å². The number of amidine groups is 1. The Bertz CT molecular complexity index is 1430. The summed E-state index contributed by atoms with van der Waals surface area (Å²) in [7, 11) is 0. The molecular formula is C30H32N4O2. The summed E-state index contributed by atoms with van der Waals surface area (Å²) in [5, 5.41) is 1.26. The number of fused-ring (bicyclic) bond motifs is 1. The van der Waals surface area contributed by atoms with Gasteiger partial charge in [0.2, 0.25) is 5.91 Å². The van der Waals surface area contributed by atoms with Crippen LogP contribution in [-0.2, 0) is 9.59 Å². The van der Waals surface area contributed by atoms with Crippen LogP contribution in [0.5, 0.6) is 0 Å². The molecule has 1 spiro atoms. The number of carbonyl (C=O) groups excluding carboxylic acids is 2. The number of hydrogen-bond donors (Lipinski definition) is 1. The van der Waals surface area contributed by atoms with Crippen molar-refractivity contribution < 1.29 is 9.59 Å². The van der Waals surface area contributed by atoms with Gasteiger partial charge in [0.15, 0.2) is 0 Å². The number of aromatic nitrogens is 1. The molecule has 3 fully saturated rings. The third kappa shape index (κ3) is 3.49. The second-order valence-electron chi connectivity index (χ2n) is 11.3. The Morgan fingerprint density at radius 2 is 1.75 bits per heavy atom. The van der Waals surface area contributed by atoms with Gasteiger partial charge in [0.1, 0.15) is 11.4 Å². The van der Waals surface area contributed by atoms with Crippen molar-refractivity contribution in [2.24, 2.45) is 16.8 Å². The molecular weight excluding hydrogens is 448 g/mol. The fourth-order valence-electron chi connectivity index (χ4n) is 5.97. The number of aryl methyl sites for hydroxylation is 2. The average Bonchev–Trinajstić information content (AvgIpc) is 3.80. The standard InChI is InChI=1S/C30H32N4O2/c1-18-19(2)31-26-10-9-24(15-25(18)26)21-3-5-22(6-4-21)27-32-30(12-13-30)29(36)34(27)17-20-11-14-33(16-20)28(35)23-7-8-23/h3-6,9-10,15,20,23,31H,7-8,11-14,16-17H2,1-2H3. The maximum atomic E-state index is 13.4. The summed E-state index contributed by atoms with van der Waals surface area (Å²) < 4.78 is 0. The molecule has 0 bridgehead atoms. The lowest BCUT2D eigenvalue weighted by Crippen LogP contribution is -2.40. The molecule has 6 nitrogen and oxygen atoms in total. The van der Waals surface area contributed by atoms with E-state index < -0.39 is 5.54 Å². The number of aromatic amines is 1. The molecule has 184 valence electrons. The largest absolute Gasteiger partial charge is 0.358 e. The van der Waals surface area contributed by atoms with Gasteiger partial charge in [-0.3, -0.25) is 19.5 Å². The minimum Gasteiger partial charge on any atom is -0.358 e. The first-order chi connectivity index (χ1) is 17.4. The number of nitrogens with zero attached hydrogens (tertiary/aromatic N) is 3. The maximum Gasteiger partial charge on any atom is 0.256 e. The summed E-state index contributed by atoms with van der Waals surface area (Å²) in [4.78, 5) is 38.2. The Morgan fingerprint density at radius 1 is 1.03 bits per heavy atom. The molecule has 1 atom stereocenters. The van der Waals surface area contributed by atoms with Crippen molar-refractivity contribution in [2.45, 2.75) is 51.5 Å². The molecule has 4 aliphatic rings. The lowest BCUT2D eigenvalue weighted by atomic mass is 10.0. The lowest BCUT2D eigenvalue weighted by molar-refractivity contribution is -0.131. The first kappa shape index (κ1) is 21.8. The Morgan fingerprint density at radius 3 is 2.47 bits per heavy atom. The average molecular weight is 481 g/mol. The van der Waals surface area contributed by atoms with Crippen LogP contribution in [0.15, 0.2) is 47.5 Å². The Hall–Kier alpha value is -3.41. The molecule has 1 unspecified atom stereocenters. The SMILES string of the molecule is Cc1[nH]c2ccc(-c3ccc(C4=NC5(CC5)C(=O)N4CC4CCN(C(=O)C5CC5)C4)cc3)cc2c1C. The quantitative estimate of drug-likeness (QED) is 0.568. The van der Waals surface area contributed by atoms with Gasteiger partial charge in [-0.15, -0.1) is 0 Å². The van der Waals surface area contributed by atoms with E-state index in [2.05, 4.69) is 61.3 Å². The topological polar surface area (TPSA) is 68.8 Å². The third-order valence-corrected chi connectivity index (χ3v) is 8.69. The maximum absolute atomic E-state index is 13.4. The van der Waals surface area contributed by atoms with Crippen LogP contribution in [0, 0.1) is 25.7 Å². The molecule has 2 saturated carbocycles. The van der Waals surface area contributed by atoms with Crippen molar-refractivity contribution in [3.05, 3.63) is 59.3 Å². The Labute approximate surface area is 211 Å². The van der Waals surface area contributed by atoms with Gasteiger partial charge in [-0.1, -0.05) is 30.3 Å². The number of aliphatic imine (C=N–C) groups is 1. The molecule has 3 aromatic rings. The number of likely N-dealkylation sites (tertiary alicyclic amines) is 1. The number of benzene rings is 2. The fourth-order valence-corrected chi connectivity index (χ4v) is 5.97. The van der Waals surface area contributed by atoms with Gasteiger partial charge in [0.05, 0.1) is 0 Å². The molecule has 2 aliphatic heterocycles. The predicted molar refractivity (Wildman–Crippen MR) is 141 cm³/mol. The Balaban J connectivity index is 1.13. The van der Waals surface area contributed by atoms with Crippen molar-refractivity contribution in [1.82, 2.24) is 14.8 Å². The van der Waals surface area contributed by atoms with E-state index in [1.807, 2.05) is 9.80 Å². The van der Waals surface area contributed by atoms with E-state index in [9.17, 15) is 9.59 Å². The van der Waals surface area contributed by atoms with Crippen molar-refractivity contribution in [2.75, 3.05) is 19.6 Å². The highest BCUT2D eigenvalue weighted by molar-refractivity contribution is 6.16. The highest BCUT2D eigenvalue weighted by Gasteiger charge is 2.57. The van der Waals surface area contributed by atoms with Crippen molar-refractivity contribution in [1.29, 1.82) is 0 Å². The molecule has 2 aromatic carbocycles. The van der Waals surface area contributed by atoms with Crippen LogP contribution in [0.2, 0.25) is 0 Å². The van der Waals surface area contributed by atoms with E-state index >= 15 is 0 Å². The zero-order valence-corrected chi connectivity index (χ0v) is 21.0. The van der Waals surface area contributed by atoms with Gasteiger partial charge < -0.3 is 9.88 Å². The zero-order valence-electron chi connectivity index (χ0n) is 21.0. The van der Waals surface area contributed by atoms with Crippen LogP contribution in [0.3, 0.4) is 0 Å². The molecule has 1 N–H and O–H groups in total. The molecule has 3 heterocycles. The molecule has 7 rings (SSSR count). The molecule has 2 aliphatic carbocycles. The smallest absolute Gasteiger partial charge is 0.256 e. The molecule has 1 saturated heterocycles. The van der Waals surface area contributed by atoms with Gasteiger partial charge in [0, 0.05) is 47.7 Å².